The van der Waals surface area contributed by atoms with Gasteiger partial charge in [0.1, 0.15) is 12.1 Å². The highest BCUT2D eigenvalue weighted by Crippen LogP contribution is 2.19. The average Bonchev–Trinajstić information content (AvgIpc) is 3.02. The smallest absolute Gasteiger partial charge is 0.314 e. The Labute approximate surface area is 146 Å². The largest absolute Gasteiger partial charge is 0.444 e. The average molecular weight is 349 g/mol. The monoisotopic (exact) mass is 349 g/mol. The van der Waals surface area contributed by atoms with E-state index in [2.05, 4.69) is 15.6 Å². The van der Waals surface area contributed by atoms with Crippen molar-refractivity contribution in [2.75, 3.05) is 13.1 Å². The second-order valence-corrected chi connectivity index (χ2v) is 6.52. The lowest BCUT2D eigenvalue weighted by molar-refractivity contribution is 0.0166. The van der Waals surface area contributed by atoms with E-state index in [0.717, 1.165) is 0 Å². The van der Waals surface area contributed by atoms with Gasteiger partial charge < -0.3 is 20.2 Å². The first-order valence-electron chi connectivity index (χ1n) is 8.22. The Morgan fingerprint density at radius 1 is 1.32 bits per heavy atom. The van der Waals surface area contributed by atoms with E-state index in [1.54, 1.807) is 19.1 Å². The number of nitrogens with zero attached hydrogens (tertiary/aromatic N) is 1. The lowest BCUT2D eigenvalue weighted by atomic mass is 9.93. The van der Waals surface area contributed by atoms with Crippen LogP contribution in [0.5, 0.6) is 0 Å². The van der Waals surface area contributed by atoms with Crippen molar-refractivity contribution in [1.29, 1.82) is 0 Å². The molecule has 1 unspecified atom stereocenters. The highest BCUT2D eigenvalue weighted by atomic mass is 19.1. The van der Waals surface area contributed by atoms with Crippen molar-refractivity contribution in [2.24, 2.45) is 5.92 Å². The lowest BCUT2D eigenvalue weighted by Crippen LogP contribution is -2.47. The Hall–Kier alpha value is -2.41. The van der Waals surface area contributed by atoms with Gasteiger partial charge in [-0.25, -0.2) is 14.2 Å². The van der Waals surface area contributed by atoms with Crippen LogP contribution in [0.1, 0.15) is 26.5 Å². The standard InChI is InChI=1S/C18H24FN3O3/c1-12(2)18(3,24)11-21-17(23)20-9-8-15-10-25-16(22-15)13-4-6-14(19)7-5-13/h4-7,10,12,24H,8-9,11H2,1-3H3,(H2,20,21,23). The quantitative estimate of drug-likeness (QED) is 0.717. The van der Waals surface area contributed by atoms with Gasteiger partial charge in [0.15, 0.2) is 0 Å². The predicted molar refractivity (Wildman–Crippen MR) is 92.5 cm³/mol. The maximum absolute atomic E-state index is 12.9. The summed E-state index contributed by atoms with van der Waals surface area (Å²) in [7, 11) is 0. The molecular formula is C18H24FN3O3. The van der Waals surface area contributed by atoms with Gasteiger partial charge in [-0.15, -0.1) is 0 Å². The maximum Gasteiger partial charge on any atom is 0.314 e. The molecule has 0 saturated heterocycles. The zero-order valence-corrected chi connectivity index (χ0v) is 14.7. The van der Waals surface area contributed by atoms with E-state index in [1.807, 2.05) is 13.8 Å². The van der Waals surface area contributed by atoms with E-state index in [4.69, 9.17) is 4.42 Å². The topological polar surface area (TPSA) is 87.4 Å². The first-order chi connectivity index (χ1) is 11.8. The number of aliphatic hydroxyl groups is 1. The first-order valence-corrected chi connectivity index (χ1v) is 8.22. The minimum atomic E-state index is -0.951. The Kier molecular flexibility index (Phi) is 6.14. The van der Waals surface area contributed by atoms with Crippen molar-refractivity contribution in [3.05, 3.63) is 42.0 Å². The molecule has 2 amide bonds. The van der Waals surface area contributed by atoms with E-state index < -0.39 is 5.60 Å². The van der Waals surface area contributed by atoms with Gasteiger partial charge >= 0.3 is 6.03 Å². The normalized spacial score (nSPS) is 13.5. The predicted octanol–water partition coefficient (Wildman–Crippen LogP) is 2.73. The minimum absolute atomic E-state index is 0.0350. The number of hydrogen-bond donors (Lipinski definition) is 3. The highest BCUT2D eigenvalue weighted by molar-refractivity contribution is 5.73. The number of halogens is 1. The molecule has 7 heteroatoms. The fourth-order valence-corrected chi connectivity index (χ4v) is 1.98. The Morgan fingerprint density at radius 2 is 2.00 bits per heavy atom. The third-order valence-corrected chi connectivity index (χ3v) is 4.16. The molecule has 1 aromatic heterocycles. The van der Waals surface area contributed by atoms with Gasteiger partial charge in [-0.1, -0.05) is 13.8 Å². The van der Waals surface area contributed by atoms with Gasteiger partial charge in [-0.05, 0) is 37.1 Å². The van der Waals surface area contributed by atoms with Crippen LogP contribution in [-0.4, -0.2) is 34.8 Å². The molecule has 0 fully saturated rings. The van der Waals surface area contributed by atoms with Crippen LogP contribution in [0.15, 0.2) is 34.9 Å². The molecule has 1 heterocycles. The van der Waals surface area contributed by atoms with Gasteiger partial charge in [0.25, 0.3) is 0 Å². The second-order valence-electron chi connectivity index (χ2n) is 6.52. The van der Waals surface area contributed by atoms with Crippen LogP contribution in [0.4, 0.5) is 9.18 Å². The summed E-state index contributed by atoms with van der Waals surface area (Å²) in [5, 5.41) is 15.4. The van der Waals surface area contributed by atoms with Crippen LogP contribution in [0.2, 0.25) is 0 Å². The third kappa shape index (κ3) is 5.56. The lowest BCUT2D eigenvalue weighted by Gasteiger charge is -2.27. The van der Waals surface area contributed by atoms with Crippen LogP contribution in [0.25, 0.3) is 11.5 Å². The van der Waals surface area contributed by atoms with Gasteiger partial charge in [0.2, 0.25) is 5.89 Å². The van der Waals surface area contributed by atoms with E-state index in [9.17, 15) is 14.3 Å². The second kappa shape index (κ2) is 8.11. The summed E-state index contributed by atoms with van der Waals surface area (Å²) in [6.07, 6.45) is 2.01. The third-order valence-electron chi connectivity index (χ3n) is 4.16. The summed E-state index contributed by atoms with van der Waals surface area (Å²) in [6, 6.07) is 5.53. The molecule has 0 aliphatic carbocycles. The Balaban J connectivity index is 1.77. The fraction of sp³-hybridized carbons (Fsp3) is 0.444. The molecule has 0 bridgehead atoms. The van der Waals surface area contributed by atoms with Crippen molar-refractivity contribution in [1.82, 2.24) is 15.6 Å². The molecule has 6 nitrogen and oxygen atoms in total. The van der Waals surface area contributed by atoms with Crippen molar-refractivity contribution < 1.29 is 18.7 Å². The molecule has 0 saturated carbocycles. The number of carbonyl (C=O) groups excluding carboxylic acids is 1. The summed E-state index contributed by atoms with van der Waals surface area (Å²) in [5.41, 5.74) is 0.427. The number of benzene rings is 1. The van der Waals surface area contributed by atoms with E-state index >= 15 is 0 Å². The van der Waals surface area contributed by atoms with E-state index in [1.165, 1.54) is 18.4 Å². The molecule has 2 rings (SSSR count). The number of carbonyl (C=O) groups is 1. The maximum atomic E-state index is 12.9. The number of hydrogen-bond acceptors (Lipinski definition) is 4. The molecule has 136 valence electrons. The van der Waals surface area contributed by atoms with Crippen molar-refractivity contribution in [2.45, 2.75) is 32.8 Å². The molecule has 0 aliphatic heterocycles. The number of aromatic nitrogens is 1. The van der Waals surface area contributed by atoms with Gasteiger partial charge in [0, 0.05) is 25.1 Å². The van der Waals surface area contributed by atoms with Crippen molar-refractivity contribution in [3.8, 4) is 11.5 Å². The molecule has 0 radical (unpaired) electrons. The Morgan fingerprint density at radius 3 is 2.64 bits per heavy atom. The number of amides is 2. The molecule has 0 spiro atoms. The first kappa shape index (κ1) is 18.9. The van der Waals surface area contributed by atoms with Gasteiger partial charge in [0.05, 0.1) is 11.3 Å². The molecule has 2 aromatic rings. The van der Waals surface area contributed by atoms with E-state index in [-0.39, 0.29) is 24.3 Å². The van der Waals surface area contributed by atoms with E-state index in [0.29, 0.717) is 30.1 Å². The zero-order chi connectivity index (χ0) is 18.4. The molecule has 1 aromatic carbocycles. The van der Waals surface area contributed by atoms with Crippen molar-refractivity contribution in [3.63, 3.8) is 0 Å². The summed E-state index contributed by atoms with van der Waals surface area (Å²) in [6.45, 7) is 6.02. The van der Waals surface area contributed by atoms with Crippen LogP contribution >= 0.6 is 0 Å². The summed E-state index contributed by atoms with van der Waals surface area (Å²) >= 11 is 0. The van der Waals surface area contributed by atoms with Crippen LogP contribution in [0, 0.1) is 11.7 Å². The van der Waals surface area contributed by atoms with Crippen LogP contribution < -0.4 is 10.6 Å². The van der Waals surface area contributed by atoms with Crippen LogP contribution in [-0.2, 0) is 6.42 Å². The van der Waals surface area contributed by atoms with Crippen LogP contribution in [0.3, 0.4) is 0 Å². The molecule has 0 aliphatic rings. The summed E-state index contributed by atoms with van der Waals surface area (Å²) < 4.78 is 18.3. The molecule has 3 N–H and O–H groups in total. The Bertz CT molecular complexity index is 696. The summed E-state index contributed by atoms with van der Waals surface area (Å²) in [4.78, 5) is 16.1. The number of oxazole rings is 1. The fourth-order valence-electron chi connectivity index (χ4n) is 1.98. The SMILES string of the molecule is CC(C)C(C)(O)CNC(=O)NCCc1coc(-c2ccc(F)cc2)n1. The number of rotatable bonds is 7. The number of nitrogens with one attached hydrogen (secondary N) is 2. The van der Waals surface area contributed by atoms with Gasteiger partial charge in [-0.2, -0.15) is 0 Å². The van der Waals surface area contributed by atoms with Gasteiger partial charge in [-0.3, -0.25) is 0 Å². The summed E-state index contributed by atoms with van der Waals surface area (Å²) in [5.74, 6) is 0.127. The highest BCUT2D eigenvalue weighted by Gasteiger charge is 2.25. The van der Waals surface area contributed by atoms with Crippen molar-refractivity contribution >= 4 is 6.03 Å². The minimum Gasteiger partial charge on any atom is -0.444 e. The zero-order valence-electron chi connectivity index (χ0n) is 14.7. The number of urea groups is 1. The molecule has 1 atom stereocenters. The molecular weight excluding hydrogens is 325 g/mol. The molecule has 25 heavy (non-hydrogen) atoms.